The number of nitrogens with two attached hydrogens (primary N) is 1. The Morgan fingerprint density at radius 1 is 1.50 bits per heavy atom. The lowest BCUT2D eigenvalue weighted by atomic mass is 10.1. The van der Waals surface area contributed by atoms with Crippen molar-refractivity contribution in [2.24, 2.45) is 0 Å². The molecule has 1 aliphatic rings. The predicted molar refractivity (Wildman–Crippen MR) is 87.5 cm³/mol. The summed E-state index contributed by atoms with van der Waals surface area (Å²) in [6, 6.07) is 5.47. The Hall–Kier alpha value is -1.36. The first kappa shape index (κ1) is 15.0. The van der Waals surface area contributed by atoms with Crippen molar-refractivity contribution < 1.29 is 4.79 Å². The van der Waals surface area contributed by atoms with Gasteiger partial charge in [0.15, 0.2) is 0 Å². The van der Waals surface area contributed by atoms with Gasteiger partial charge in [0, 0.05) is 31.0 Å². The minimum atomic E-state index is -0.0263. The monoisotopic (exact) mass is 293 g/mol. The molecule has 0 bridgehead atoms. The molecule has 0 aliphatic carbocycles. The summed E-state index contributed by atoms with van der Waals surface area (Å²) in [6.07, 6.45) is 2.52. The Balaban J connectivity index is 2.04. The van der Waals surface area contributed by atoms with Gasteiger partial charge in [-0.05, 0) is 43.7 Å². The summed E-state index contributed by atoms with van der Waals surface area (Å²) in [6.45, 7) is 3.20. The molecule has 1 aliphatic heterocycles. The van der Waals surface area contributed by atoms with Crippen LogP contribution in [0.5, 0.6) is 0 Å². The molecule has 3 N–H and O–H groups in total. The van der Waals surface area contributed by atoms with Crippen LogP contribution in [0.1, 0.15) is 30.1 Å². The van der Waals surface area contributed by atoms with E-state index in [-0.39, 0.29) is 5.91 Å². The van der Waals surface area contributed by atoms with Crippen molar-refractivity contribution >= 4 is 29.0 Å². The molecule has 1 aromatic carbocycles. The van der Waals surface area contributed by atoms with Gasteiger partial charge >= 0.3 is 0 Å². The average Bonchev–Trinajstić information content (AvgIpc) is 2.83. The maximum absolute atomic E-state index is 11.9. The van der Waals surface area contributed by atoms with Crippen molar-refractivity contribution in [3.05, 3.63) is 23.8 Å². The second-order valence-corrected chi connectivity index (χ2v) is 7.44. The summed E-state index contributed by atoms with van der Waals surface area (Å²) in [5.74, 6) is 1.21. The minimum Gasteiger partial charge on any atom is -0.397 e. The van der Waals surface area contributed by atoms with E-state index in [1.165, 1.54) is 18.6 Å². The van der Waals surface area contributed by atoms with Crippen LogP contribution in [0.2, 0.25) is 0 Å². The Morgan fingerprint density at radius 2 is 2.25 bits per heavy atom. The van der Waals surface area contributed by atoms with Crippen molar-refractivity contribution in [1.29, 1.82) is 0 Å². The van der Waals surface area contributed by atoms with Crippen LogP contribution in [0, 0.1) is 0 Å². The molecule has 0 aromatic heterocycles. The van der Waals surface area contributed by atoms with Gasteiger partial charge in [-0.1, -0.05) is 0 Å². The molecule has 0 saturated carbocycles. The zero-order valence-electron chi connectivity index (χ0n) is 12.4. The second kappa shape index (κ2) is 5.95. The molecule has 0 spiro atoms. The summed E-state index contributed by atoms with van der Waals surface area (Å²) in [7, 11) is 3.48. The van der Waals surface area contributed by atoms with E-state index in [2.05, 4.69) is 12.2 Å². The molecule has 20 heavy (non-hydrogen) atoms. The van der Waals surface area contributed by atoms with Crippen molar-refractivity contribution in [3.63, 3.8) is 0 Å². The topological polar surface area (TPSA) is 58.4 Å². The Bertz CT molecular complexity index is 496. The largest absolute Gasteiger partial charge is 0.397 e. The summed E-state index contributed by atoms with van der Waals surface area (Å²) in [4.78, 5) is 13.4. The van der Waals surface area contributed by atoms with Crippen LogP contribution in [-0.2, 0) is 0 Å². The summed E-state index contributed by atoms with van der Waals surface area (Å²) in [5.41, 5.74) is 8.21. The third kappa shape index (κ3) is 3.39. The SMILES string of the molecule is CN(C)C(=O)c1ccc(NCC2(C)CCCS2)c(N)c1. The number of carbonyl (C=O) groups excluding carboxylic acids is 1. The lowest BCUT2D eigenvalue weighted by Crippen LogP contribution is -2.27. The quantitative estimate of drug-likeness (QED) is 0.838. The minimum absolute atomic E-state index is 0.0263. The predicted octanol–water partition coefficient (Wildman–Crippen LogP) is 2.67. The van der Waals surface area contributed by atoms with Gasteiger partial charge < -0.3 is 16.0 Å². The van der Waals surface area contributed by atoms with Crippen LogP contribution in [0.15, 0.2) is 18.2 Å². The molecule has 1 aromatic rings. The number of nitrogens with one attached hydrogen (secondary N) is 1. The van der Waals surface area contributed by atoms with Gasteiger partial charge in [0.1, 0.15) is 0 Å². The number of anilines is 2. The zero-order valence-corrected chi connectivity index (χ0v) is 13.2. The lowest BCUT2D eigenvalue weighted by Gasteiger charge is -2.24. The smallest absolute Gasteiger partial charge is 0.253 e. The van der Waals surface area contributed by atoms with Crippen molar-refractivity contribution in [1.82, 2.24) is 4.90 Å². The van der Waals surface area contributed by atoms with Gasteiger partial charge in [-0.15, -0.1) is 0 Å². The molecule has 1 unspecified atom stereocenters. The number of carbonyl (C=O) groups is 1. The van der Waals surface area contributed by atoms with Gasteiger partial charge in [0.2, 0.25) is 0 Å². The average molecular weight is 293 g/mol. The van der Waals surface area contributed by atoms with Crippen LogP contribution in [-0.4, -0.2) is 41.9 Å². The molecule has 1 atom stereocenters. The first-order valence-electron chi connectivity index (χ1n) is 6.90. The Morgan fingerprint density at radius 3 is 2.80 bits per heavy atom. The van der Waals surface area contributed by atoms with Crippen LogP contribution in [0.25, 0.3) is 0 Å². The third-order valence-corrected chi connectivity index (χ3v) is 5.20. The molecular weight excluding hydrogens is 270 g/mol. The van der Waals surface area contributed by atoms with E-state index in [1.807, 2.05) is 23.9 Å². The maximum atomic E-state index is 11.9. The molecule has 110 valence electrons. The molecular formula is C15H23N3OS. The van der Waals surface area contributed by atoms with E-state index < -0.39 is 0 Å². The number of nitrogen functional groups attached to an aromatic ring is 1. The number of benzene rings is 1. The van der Waals surface area contributed by atoms with Gasteiger partial charge in [-0.2, -0.15) is 11.8 Å². The first-order valence-corrected chi connectivity index (χ1v) is 7.89. The van der Waals surface area contributed by atoms with Gasteiger partial charge in [-0.25, -0.2) is 0 Å². The van der Waals surface area contributed by atoms with Crippen molar-refractivity contribution in [2.75, 3.05) is 37.4 Å². The van der Waals surface area contributed by atoms with E-state index in [9.17, 15) is 4.79 Å². The van der Waals surface area contributed by atoms with Gasteiger partial charge in [0.25, 0.3) is 5.91 Å². The summed E-state index contributed by atoms with van der Waals surface area (Å²) >= 11 is 2.02. The summed E-state index contributed by atoms with van der Waals surface area (Å²) < 4.78 is 0.296. The molecule has 4 nitrogen and oxygen atoms in total. The summed E-state index contributed by atoms with van der Waals surface area (Å²) in [5, 5.41) is 3.42. The van der Waals surface area contributed by atoms with E-state index in [4.69, 9.17) is 5.73 Å². The molecule has 1 amide bonds. The second-order valence-electron chi connectivity index (χ2n) is 5.76. The molecule has 1 heterocycles. The molecule has 1 fully saturated rings. The highest BCUT2D eigenvalue weighted by molar-refractivity contribution is 8.00. The van der Waals surface area contributed by atoms with Gasteiger partial charge in [-0.3, -0.25) is 4.79 Å². The molecule has 0 radical (unpaired) electrons. The fraction of sp³-hybridized carbons (Fsp3) is 0.533. The van der Waals surface area contributed by atoms with Gasteiger partial charge in [0.05, 0.1) is 11.4 Å². The van der Waals surface area contributed by atoms with E-state index in [1.54, 1.807) is 25.1 Å². The van der Waals surface area contributed by atoms with E-state index >= 15 is 0 Å². The number of nitrogens with zero attached hydrogens (tertiary/aromatic N) is 1. The highest BCUT2D eigenvalue weighted by atomic mass is 32.2. The van der Waals surface area contributed by atoms with Crippen molar-refractivity contribution in [3.8, 4) is 0 Å². The first-order chi connectivity index (χ1) is 9.41. The maximum Gasteiger partial charge on any atom is 0.253 e. The fourth-order valence-corrected chi connectivity index (χ4v) is 3.62. The number of thioether (sulfide) groups is 1. The third-order valence-electron chi connectivity index (χ3n) is 3.66. The lowest BCUT2D eigenvalue weighted by molar-refractivity contribution is 0.0827. The number of amides is 1. The number of hydrogen-bond donors (Lipinski definition) is 2. The van der Waals surface area contributed by atoms with Crippen LogP contribution in [0.3, 0.4) is 0 Å². The Kier molecular flexibility index (Phi) is 4.48. The highest BCUT2D eigenvalue weighted by Crippen LogP contribution is 2.38. The van der Waals surface area contributed by atoms with E-state index in [0.29, 0.717) is 16.0 Å². The Labute approximate surface area is 125 Å². The normalized spacial score (nSPS) is 21.8. The van der Waals surface area contributed by atoms with Crippen molar-refractivity contribution in [2.45, 2.75) is 24.5 Å². The fourth-order valence-electron chi connectivity index (χ4n) is 2.37. The molecule has 1 saturated heterocycles. The molecule has 5 heteroatoms. The van der Waals surface area contributed by atoms with Crippen LogP contribution < -0.4 is 11.1 Å². The van der Waals surface area contributed by atoms with E-state index in [0.717, 1.165) is 12.2 Å². The molecule has 2 rings (SSSR count). The number of hydrogen-bond acceptors (Lipinski definition) is 4. The van der Waals surface area contributed by atoms with Crippen LogP contribution >= 0.6 is 11.8 Å². The highest BCUT2D eigenvalue weighted by Gasteiger charge is 2.29. The standard InChI is InChI=1S/C15H23N3OS/c1-15(7-4-8-20-15)10-17-13-6-5-11(9-12(13)16)14(19)18(2)3/h5-6,9,17H,4,7-8,10,16H2,1-3H3. The number of rotatable bonds is 4. The van der Waals surface area contributed by atoms with Crippen LogP contribution in [0.4, 0.5) is 11.4 Å². The zero-order chi connectivity index (χ0) is 14.8.